The van der Waals surface area contributed by atoms with Crippen LogP contribution in [0.5, 0.6) is 0 Å². The lowest BCUT2D eigenvalue weighted by molar-refractivity contribution is 1.21. The second-order valence-corrected chi connectivity index (χ2v) is 4.48. The van der Waals surface area contributed by atoms with E-state index >= 15 is 0 Å². The molecule has 1 aromatic rings. The number of hydrogen-bond acceptors (Lipinski definition) is 3. The van der Waals surface area contributed by atoms with E-state index in [0.29, 0.717) is 0 Å². The minimum Gasteiger partial charge on any atom is -0.397 e. The van der Waals surface area contributed by atoms with E-state index in [1.807, 2.05) is 30.0 Å². The van der Waals surface area contributed by atoms with Gasteiger partial charge in [-0.3, -0.25) is 0 Å². The molecule has 0 bridgehead atoms. The fourth-order valence-electron chi connectivity index (χ4n) is 1.35. The van der Waals surface area contributed by atoms with Crippen LogP contribution in [0.3, 0.4) is 0 Å². The first-order valence-corrected chi connectivity index (χ1v) is 6.18. The summed E-state index contributed by atoms with van der Waals surface area (Å²) in [6.45, 7) is 6.69. The summed E-state index contributed by atoms with van der Waals surface area (Å²) >= 11 is 1.86. The summed E-state index contributed by atoms with van der Waals surface area (Å²) < 4.78 is 0. The maximum Gasteiger partial charge on any atom is 0.0603 e. The number of benzene rings is 1. The largest absolute Gasteiger partial charge is 0.397 e. The molecule has 0 aromatic heterocycles. The van der Waals surface area contributed by atoms with Gasteiger partial charge in [0, 0.05) is 18.1 Å². The predicted molar refractivity (Wildman–Crippen MR) is 71.6 cm³/mol. The molecule has 0 atom stereocenters. The molecular formula is C12H18N2S. The van der Waals surface area contributed by atoms with E-state index in [-0.39, 0.29) is 0 Å². The average molecular weight is 222 g/mol. The van der Waals surface area contributed by atoms with Crippen molar-refractivity contribution in [1.82, 2.24) is 0 Å². The maximum atomic E-state index is 5.88. The van der Waals surface area contributed by atoms with Gasteiger partial charge >= 0.3 is 0 Å². The van der Waals surface area contributed by atoms with E-state index < -0.39 is 0 Å². The second kappa shape index (κ2) is 6.40. The number of thioether (sulfide) groups is 1. The van der Waals surface area contributed by atoms with Gasteiger partial charge in [-0.25, -0.2) is 0 Å². The molecule has 0 fully saturated rings. The van der Waals surface area contributed by atoms with Gasteiger partial charge in [-0.15, -0.1) is 6.58 Å². The Bertz CT molecular complexity index is 303. The standard InChI is InChI=1S/C12H18N2S/c1-3-8-15-9-7-14-12-10(2)5-4-6-11(12)13/h3-6,14H,1,7-9,13H2,2H3. The fourth-order valence-corrected chi connectivity index (χ4v) is 1.93. The van der Waals surface area contributed by atoms with Crippen molar-refractivity contribution >= 4 is 23.1 Å². The Balaban J connectivity index is 2.40. The molecule has 3 heteroatoms. The summed E-state index contributed by atoms with van der Waals surface area (Å²) in [7, 11) is 0. The van der Waals surface area contributed by atoms with E-state index in [1.54, 1.807) is 0 Å². The van der Waals surface area contributed by atoms with Gasteiger partial charge in [0.1, 0.15) is 0 Å². The van der Waals surface area contributed by atoms with Crippen LogP contribution in [0.15, 0.2) is 30.9 Å². The van der Waals surface area contributed by atoms with Crippen LogP contribution in [0.25, 0.3) is 0 Å². The van der Waals surface area contributed by atoms with Crippen molar-refractivity contribution < 1.29 is 0 Å². The van der Waals surface area contributed by atoms with Crippen molar-refractivity contribution in [1.29, 1.82) is 0 Å². The molecule has 0 amide bonds. The second-order valence-electron chi connectivity index (χ2n) is 3.33. The highest BCUT2D eigenvalue weighted by atomic mass is 32.2. The van der Waals surface area contributed by atoms with Crippen molar-refractivity contribution in [3.63, 3.8) is 0 Å². The van der Waals surface area contributed by atoms with Crippen LogP contribution < -0.4 is 11.1 Å². The summed E-state index contributed by atoms with van der Waals surface area (Å²) in [6, 6.07) is 5.96. The monoisotopic (exact) mass is 222 g/mol. The normalized spacial score (nSPS) is 9.93. The number of aryl methyl sites for hydroxylation is 1. The van der Waals surface area contributed by atoms with Crippen molar-refractivity contribution in [2.75, 3.05) is 29.1 Å². The minimum absolute atomic E-state index is 0.823. The van der Waals surface area contributed by atoms with Gasteiger partial charge in [0.25, 0.3) is 0 Å². The third-order valence-electron chi connectivity index (χ3n) is 2.09. The van der Waals surface area contributed by atoms with E-state index in [9.17, 15) is 0 Å². The molecule has 1 aromatic carbocycles. The van der Waals surface area contributed by atoms with Gasteiger partial charge in [-0.1, -0.05) is 18.2 Å². The summed E-state index contributed by atoms with van der Waals surface area (Å²) in [5.41, 5.74) is 8.96. The van der Waals surface area contributed by atoms with Crippen molar-refractivity contribution in [3.8, 4) is 0 Å². The van der Waals surface area contributed by atoms with Crippen LogP contribution in [-0.2, 0) is 0 Å². The lowest BCUT2D eigenvalue weighted by atomic mass is 10.1. The maximum absolute atomic E-state index is 5.88. The van der Waals surface area contributed by atoms with Gasteiger partial charge in [-0.05, 0) is 18.6 Å². The third-order valence-corrected chi connectivity index (χ3v) is 3.05. The molecule has 0 aliphatic carbocycles. The molecule has 0 radical (unpaired) electrons. The number of nitrogens with one attached hydrogen (secondary N) is 1. The molecule has 0 aliphatic heterocycles. The molecule has 0 spiro atoms. The predicted octanol–water partition coefficient (Wildman–Crippen LogP) is 2.91. The molecule has 15 heavy (non-hydrogen) atoms. The number of hydrogen-bond donors (Lipinski definition) is 2. The molecule has 82 valence electrons. The Morgan fingerprint density at radius 3 is 3.00 bits per heavy atom. The molecule has 3 N–H and O–H groups in total. The Kier molecular flexibility index (Phi) is 5.12. The molecule has 0 aliphatic rings. The molecule has 2 nitrogen and oxygen atoms in total. The van der Waals surface area contributed by atoms with Crippen LogP contribution >= 0.6 is 11.8 Å². The van der Waals surface area contributed by atoms with Gasteiger partial charge in [0.15, 0.2) is 0 Å². The molecule has 0 saturated heterocycles. The van der Waals surface area contributed by atoms with Gasteiger partial charge in [0.05, 0.1) is 11.4 Å². The van der Waals surface area contributed by atoms with E-state index in [2.05, 4.69) is 24.9 Å². The van der Waals surface area contributed by atoms with Crippen LogP contribution in [0.2, 0.25) is 0 Å². The molecule has 0 heterocycles. The zero-order valence-corrected chi connectivity index (χ0v) is 9.94. The average Bonchev–Trinajstić information content (AvgIpc) is 2.21. The summed E-state index contributed by atoms with van der Waals surface area (Å²) in [5, 5.41) is 3.36. The lowest BCUT2D eigenvalue weighted by Crippen LogP contribution is -2.07. The van der Waals surface area contributed by atoms with Crippen LogP contribution in [-0.4, -0.2) is 18.1 Å². The number of para-hydroxylation sites is 1. The van der Waals surface area contributed by atoms with Crippen LogP contribution in [0.4, 0.5) is 11.4 Å². The van der Waals surface area contributed by atoms with Gasteiger partial charge < -0.3 is 11.1 Å². The Labute approximate surface area is 95.9 Å². The topological polar surface area (TPSA) is 38.0 Å². The summed E-state index contributed by atoms with van der Waals surface area (Å²) in [6.07, 6.45) is 1.92. The van der Waals surface area contributed by atoms with Crippen molar-refractivity contribution in [2.45, 2.75) is 6.92 Å². The molecular weight excluding hydrogens is 204 g/mol. The highest BCUT2D eigenvalue weighted by Gasteiger charge is 2.00. The zero-order chi connectivity index (χ0) is 11.1. The van der Waals surface area contributed by atoms with Gasteiger partial charge in [0.2, 0.25) is 0 Å². The number of anilines is 2. The first-order valence-electron chi connectivity index (χ1n) is 5.03. The minimum atomic E-state index is 0.823. The zero-order valence-electron chi connectivity index (χ0n) is 9.12. The van der Waals surface area contributed by atoms with E-state index in [0.717, 1.165) is 29.4 Å². The van der Waals surface area contributed by atoms with Crippen LogP contribution in [0, 0.1) is 6.92 Å². The Hall–Kier alpha value is -1.09. The lowest BCUT2D eigenvalue weighted by Gasteiger charge is -2.11. The van der Waals surface area contributed by atoms with Crippen molar-refractivity contribution in [3.05, 3.63) is 36.4 Å². The molecule has 0 saturated carbocycles. The highest BCUT2D eigenvalue weighted by molar-refractivity contribution is 7.99. The Morgan fingerprint density at radius 1 is 1.53 bits per heavy atom. The summed E-state index contributed by atoms with van der Waals surface area (Å²) in [4.78, 5) is 0. The molecule has 1 rings (SSSR count). The first-order chi connectivity index (χ1) is 7.25. The number of rotatable bonds is 6. The van der Waals surface area contributed by atoms with E-state index in [4.69, 9.17) is 5.73 Å². The quantitative estimate of drug-likeness (QED) is 0.441. The molecule has 0 unspecified atom stereocenters. The highest BCUT2D eigenvalue weighted by Crippen LogP contribution is 2.22. The summed E-state index contributed by atoms with van der Waals surface area (Å²) in [5.74, 6) is 2.07. The van der Waals surface area contributed by atoms with Crippen molar-refractivity contribution in [2.24, 2.45) is 0 Å². The first kappa shape index (κ1) is 12.0. The number of nitrogens with two attached hydrogens (primary N) is 1. The smallest absolute Gasteiger partial charge is 0.0603 e. The van der Waals surface area contributed by atoms with E-state index in [1.165, 1.54) is 5.56 Å². The third kappa shape index (κ3) is 3.88. The fraction of sp³-hybridized carbons (Fsp3) is 0.333. The SMILES string of the molecule is C=CCSCCNc1c(C)cccc1N. The van der Waals surface area contributed by atoms with Gasteiger partial charge in [-0.2, -0.15) is 11.8 Å². The number of nitrogen functional groups attached to an aromatic ring is 1. The Morgan fingerprint density at radius 2 is 2.33 bits per heavy atom. The van der Waals surface area contributed by atoms with Crippen LogP contribution in [0.1, 0.15) is 5.56 Å².